The lowest BCUT2D eigenvalue weighted by Gasteiger charge is -2.22. The molecule has 0 radical (unpaired) electrons. The summed E-state index contributed by atoms with van der Waals surface area (Å²) in [6, 6.07) is 2.16. The van der Waals surface area contributed by atoms with Gasteiger partial charge in [-0.15, -0.1) is 0 Å². The second-order valence-electron chi connectivity index (χ2n) is 4.24. The van der Waals surface area contributed by atoms with Crippen molar-refractivity contribution in [2.75, 3.05) is 11.9 Å². The minimum Gasteiger partial charge on any atom is -0.480 e. The number of aliphatic carboxylic acids is 1. The average Bonchev–Trinajstić information content (AvgIpc) is 2.83. The third-order valence-electron chi connectivity index (χ3n) is 2.97. The van der Waals surface area contributed by atoms with E-state index in [4.69, 9.17) is 16.7 Å². The molecule has 1 saturated heterocycles. The number of anilines is 1. The number of halogens is 2. The van der Waals surface area contributed by atoms with Gasteiger partial charge in [-0.3, -0.25) is 0 Å². The van der Waals surface area contributed by atoms with Crippen molar-refractivity contribution in [3.05, 3.63) is 29.0 Å². The fourth-order valence-corrected chi connectivity index (χ4v) is 2.21. The van der Waals surface area contributed by atoms with E-state index in [0.717, 1.165) is 6.07 Å². The minimum atomic E-state index is -1.04. The number of carbonyl (C=O) groups excluding carboxylic acids is 1. The predicted molar refractivity (Wildman–Crippen MR) is 67.8 cm³/mol. The van der Waals surface area contributed by atoms with Gasteiger partial charge < -0.3 is 15.3 Å². The largest absolute Gasteiger partial charge is 0.480 e. The number of likely N-dealkylation sites (tertiary alicyclic amines) is 1. The van der Waals surface area contributed by atoms with Crippen LogP contribution in [-0.2, 0) is 4.79 Å². The zero-order valence-electron chi connectivity index (χ0n) is 9.90. The van der Waals surface area contributed by atoms with Crippen molar-refractivity contribution in [3.8, 4) is 0 Å². The fourth-order valence-electron chi connectivity index (χ4n) is 2.05. The van der Waals surface area contributed by atoms with Gasteiger partial charge in [0.25, 0.3) is 0 Å². The molecule has 2 rings (SSSR count). The fraction of sp³-hybridized carbons (Fsp3) is 0.333. The second-order valence-corrected chi connectivity index (χ2v) is 4.65. The summed E-state index contributed by atoms with van der Waals surface area (Å²) in [5, 5.41) is 11.6. The third kappa shape index (κ3) is 2.96. The van der Waals surface area contributed by atoms with Crippen LogP contribution in [0.25, 0.3) is 0 Å². The van der Waals surface area contributed by atoms with Gasteiger partial charge >= 0.3 is 12.0 Å². The van der Waals surface area contributed by atoms with Crippen LogP contribution in [0.15, 0.2) is 18.2 Å². The number of hydrogen-bond acceptors (Lipinski definition) is 2. The number of carboxylic acids is 1. The van der Waals surface area contributed by atoms with Crippen molar-refractivity contribution in [3.63, 3.8) is 0 Å². The first kappa shape index (κ1) is 13.6. The first-order chi connectivity index (χ1) is 8.99. The smallest absolute Gasteiger partial charge is 0.326 e. The maximum absolute atomic E-state index is 13.1. The summed E-state index contributed by atoms with van der Waals surface area (Å²) < 4.78 is 13.1. The predicted octanol–water partition coefficient (Wildman–Crippen LogP) is 2.56. The first-order valence-electron chi connectivity index (χ1n) is 5.74. The standard InChI is InChI=1S/C12H12ClFN2O3/c13-8-4-3-7(14)6-9(8)15-12(19)16-5-1-2-10(16)11(17)18/h3-4,6,10H,1-2,5H2,(H,15,19)(H,17,18). The summed E-state index contributed by atoms with van der Waals surface area (Å²) in [7, 11) is 0. The molecule has 1 aromatic carbocycles. The van der Waals surface area contributed by atoms with Gasteiger partial charge in [-0.2, -0.15) is 0 Å². The highest BCUT2D eigenvalue weighted by Crippen LogP contribution is 2.24. The van der Waals surface area contributed by atoms with Crippen LogP contribution in [-0.4, -0.2) is 34.6 Å². The number of benzene rings is 1. The molecule has 2 N–H and O–H groups in total. The molecule has 0 spiro atoms. The van der Waals surface area contributed by atoms with Crippen molar-refractivity contribution in [2.24, 2.45) is 0 Å². The summed E-state index contributed by atoms with van der Waals surface area (Å²) in [5.41, 5.74) is 0.128. The lowest BCUT2D eigenvalue weighted by atomic mass is 10.2. The highest BCUT2D eigenvalue weighted by molar-refractivity contribution is 6.33. The monoisotopic (exact) mass is 286 g/mol. The molecular weight excluding hydrogens is 275 g/mol. The molecule has 2 amide bonds. The Bertz CT molecular complexity index is 524. The first-order valence-corrected chi connectivity index (χ1v) is 6.12. The number of nitrogens with one attached hydrogen (secondary N) is 1. The summed E-state index contributed by atoms with van der Waals surface area (Å²) >= 11 is 5.83. The van der Waals surface area contributed by atoms with Crippen LogP contribution in [0.2, 0.25) is 5.02 Å². The molecule has 1 fully saturated rings. The van der Waals surface area contributed by atoms with Crippen molar-refractivity contribution in [1.29, 1.82) is 0 Å². The van der Waals surface area contributed by atoms with Crippen LogP contribution in [0, 0.1) is 5.82 Å². The van der Waals surface area contributed by atoms with Crippen LogP contribution < -0.4 is 5.32 Å². The Morgan fingerprint density at radius 2 is 2.21 bits per heavy atom. The maximum Gasteiger partial charge on any atom is 0.326 e. The molecule has 1 aromatic rings. The number of carboxylic acid groups (broad SMARTS) is 1. The van der Waals surface area contributed by atoms with Gasteiger partial charge in [-0.1, -0.05) is 11.6 Å². The molecule has 5 nitrogen and oxygen atoms in total. The van der Waals surface area contributed by atoms with Gasteiger partial charge in [0, 0.05) is 6.54 Å². The van der Waals surface area contributed by atoms with Gasteiger partial charge in [-0.25, -0.2) is 14.0 Å². The zero-order valence-corrected chi connectivity index (χ0v) is 10.7. The van der Waals surface area contributed by atoms with Crippen LogP contribution in [0.3, 0.4) is 0 Å². The highest BCUT2D eigenvalue weighted by Gasteiger charge is 2.34. The normalized spacial score (nSPS) is 18.4. The molecule has 0 bridgehead atoms. The molecule has 7 heteroatoms. The van der Waals surface area contributed by atoms with Gasteiger partial charge in [0.15, 0.2) is 0 Å². The van der Waals surface area contributed by atoms with E-state index in [9.17, 15) is 14.0 Å². The molecule has 1 atom stereocenters. The van der Waals surface area contributed by atoms with Gasteiger partial charge in [-0.05, 0) is 31.0 Å². The maximum atomic E-state index is 13.1. The summed E-state index contributed by atoms with van der Waals surface area (Å²) in [6.07, 6.45) is 1.04. The van der Waals surface area contributed by atoms with Gasteiger partial charge in [0.2, 0.25) is 0 Å². The Balaban J connectivity index is 2.12. The van der Waals surface area contributed by atoms with Crippen LogP contribution >= 0.6 is 11.6 Å². The van der Waals surface area contributed by atoms with Crippen LogP contribution in [0.4, 0.5) is 14.9 Å². The molecule has 102 valence electrons. The van der Waals surface area contributed by atoms with Crippen molar-refractivity contribution < 1.29 is 19.1 Å². The van der Waals surface area contributed by atoms with Crippen LogP contribution in [0.5, 0.6) is 0 Å². The van der Waals surface area contributed by atoms with E-state index >= 15 is 0 Å². The average molecular weight is 287 g/mol. The number of urea groups is 1. The molecule has 1 heterocycles. The lowest BCUT2D eigenvalue weighted by Crippen LogP contribution is -2.42. The Labute approximate surface area is 114 Å². The van der Waals surface area contributed by atoms with E-state index in [2.05, 4.69) is 5.32 Å². The number of amides is 2. The number of rotatable bonds is 2. The molecule has 1 aliphatic rings. The Hall–Kier alpha value is -1.82. The Morgan fingerprint density at radius 3 is 2.89 bits per heavy atom. The number of hydrogen-bond donors (Lipinski definition) is 2. The zero-order chi connectivity index (χ0) is 14.0. The number of nitrogens with zero attached hydrogens (tertiary/aromatic N) is 1. The van der Waals surface area contributed by atoms with E-state index in [1.54, 1.807) is 0 Å². The van der Waals surface area contributed by atoms with E-state index in [-0.39, 0.29) is 10.7 Å². The van der Waals surface area contributed by atoms with Crippen molar-refractivity contribution in [1.82, 2.24) is 4.90 Å². The molecular formula is C12H12ClFN2O3. The molecule has 19 heavy (non-hydrogen) atoms. The van der Waals surface area contributed by atoms with Gasteiger partial charge in [0.1, 0.15) is 11.9 Å². The third-order valence-corrected chi connectivity index (χ3v) is 3.30. The van der Waals surface area contributed by atoms with E-state index in [0.29, 0.717) is 19.4 Å². The minimum absolute atomic E-state index is 0.128. The quantitative estimate of drug-likeness (QED) is 0.878. The van der Waals surface area contributed by atoms with Crippen molar-refractivity contribution >= 4 is 29.3 Å². The summed E-state index contributed by atoms with van der Waals surface area (Å²) in [5.74, 6) is -1.58. The Kier molecular flexibility index (Phi) is 3.90. The van der Waals surface area contributed by atoms with Crippen molar-refractivity contribution in [2.45, 2.75) is 18.9 Å². The van der Waals surface area contributed by atoms with E-state index in [1.165, 1.54) is 17.0 Å². The van der Waals surface area contributed by atoms with Crippen LogP contribution in [0.1, 0.15) is 12.8 Å². The molecule has 0 aromatic heterocycles. The van der Waals surface area contributed by atoms with E-state index in [1.807, 2.05) is 0 Å². The molecule has 0 saturated carbocycles. The Morgan fingerprint density at radius 1 is 1.47 bits per heavy atom. The van der Waals surface area contributed by atoms with E-state index < -0.39 is 23.9 Å². The SMILES string of the molecule is O=C(O)C1CCCN1C(=O)Nc1cc(F)ccc1Cl. The topological polar surface area (TPSA) is 69.6 Å². The molecule has 1 aliphatic heterocycles. The second kappa shape index (κ2) is 5.44. The molecule has 1 unspecified atom stereocenters. The number of carbonyl (C=O) groups is 2. The summed E-state index contributed by atoms with van der Waals surface area (Å²) in [6.45, 7) is 0.357. The van der Waals surface area contributed by atoms with Gasteiger partial charge in [0.05, 0.1) is 10.7 Å². The highest BCUT2D eigenvalue weighted by atomic mass is 35.5. The lowest BCUT2D eigenvalue weighted by molar-refractivity contribution is -0.141. The summed E-state index contributed by atoms with van der Waals surface area (Å²) in [4.78, 5) is 24.2. The molecule has 0 aliphatic carbocycles.